The SMILES string of the molecule is Cc1ccc2c(c1)c(-c1ccccc1)n1[n+]2CCC1. The predicted octanol–water partition coefficient (Wildman–Crippen LogP) is 3.31. The molecule has 2 nitrogen and oxygen atoms in total. The van der Waals surface area contributed by atoms with Crippen LogP contribution in [-0.2, 0) is 13.1 Å². The first-order chi connectivity index (χ1) is 9.34. The minimum absolute atomic E-state index is 1.12. The van der Waals surface area contributed by atoms with Crippen molar-refractivity contribution in [1.82, 2.24) is 4.68 Å². The summed E-state index contributed by atoms with van der Waals surface area (Å²) in [4.78, 5) is 0. The lowest BCUT2D eigenvalue weighted by atomic mass is 10.1. The molecule has 19 heavy (non-hydrogen) atoms. The van der Waals surface area contributed by atoms with Crippen LogP contribution in [0.4, 0.5) is 0 Å². The average molecular weight is 249 g/mol. The summed E-state index contributed by atoms with van der Waals surface area (Å²) in [7, 11) is 0. The predicted molar refractivity (Wildman–Crippen MR) is 76.9 cm³/mol. The van der Waals surface area contributed by atoms with Gasteiger partial charge in [-0.05, 0) is 18.6 Å². The molecule has 0 fully saturated rings. The second-order valence-corrected chi connectivity index (χ2v) is 5.34. The number of hydrogen-bond acceptors (Lipinski definition) is 0. The Labute approximate surface area is 112 Å². The van der Waals surface area contributed by atoms with Gasteiger partial charge >= 0.3 is 0 Å². The number of nitrogens with zero attached hydrogens (tertiary/aromatic N) is 2. The van der Waals surface area contributed by atoms with E-state index in [2.05, 4.69) is 64.8 Å². The van der Waals surface area contributed by atoms with Gasteiger partial charge in [0.2, 0.25) is 5.52 Å². The average Bonchev–Trinajstić information content (AvgIpc) is 2.99. The highest BCUT2D eigenvalue weighted by Gasteiger charge is 2.28. The van der Waals surface area contributed by atoms with Gasteiger partial charge in [-0.15, -0.1) is 4.68 Å². The van der Waals surface area contributed by atoms with Crippen LogP contribution in [0.2, 0.25) is 0 Å². The molecule has 94 valence electrons. The van der Waals surface area contributed by atoms with Crippen LogP contribution in [0.1, 0.15) is 12.0 Å². The van der Waals surface area contributed by atoms with Crippen molar-refractivity contribution in [3.05, 3.63) is 54.1 Å². The molecular weight excluding hydrogens is 232 g/mol. The van der Waals surface area contributed by atoms with Crippen molar-refractivity contribution in [2.45, 2.75) is 26.4 Å². The Kier molecular flexibility index (Phi) is 2.25. The Morgan fingerprint density at radius 1 is 1.05 bits per heavy atom. The lowest BCUT2D eigenvalue weighted by molar-refractivity contribution is -0.733. The standard InChI is InChI=1S/C17H17N2/c1-13-8-9-16-15(12-13)17(14-6-3-2-4-7-14)19-11-5-10-18(16)19/h2-4,6-9,12H,5,10-11H2,1H3/q+1. The Morgan fingerprint density at radius 2 is 1.89 bits per heavy atom. The summed E-state index contributed by atoms with van der Waals surface area (Å²) in [6, 6.07) is 17.5. The molecule has 2 heteroatoms. The molecule has 4 rings (SSSR count). The minimum Gasteiger partial charge on any atom is -0.152 e. The zero-order valence-corrected chi connectivity index (χ0v) is 11.1. The van der Waals surface area contributed by atoms with E-state index in [1.807, 2.05) is 0 Å². The summed E-state index contributed by atoms with van der Waals surface area (Å²) in [5.74, 6) is 0. The highest BCUT2D eigenvalue weighted by molar-refractivity contribution is 5.91. The van der Waals surface area contributed by atoms with Crippen LogP contribution in [0.5, 0.6) is 0 Å². The first-order valence-electron chi connectivity index (χ1n) is 6.93. The fraction of sp³-hybridized carbons (Fsp3) is 0.235. The number of rotatable bonds is 1. The van der Waals surface area contributed by atoms with Crippen molar-refractivity contribution in [1.29, 1.82) is 0 Å². The maximum absolute atomic E-state index is 2.44. The molecule has 1 aliphatic rings. The lowest BCUT2D eigenvalue weighted by Crippen LogP contribution is -2.37. The highest BCUT2D eigenvalue weighted by Crippen LogP contribution is 2.30. The fourth-order valence-electron chi connectivity index (χ4n) is 3.20. The van der Waals surface area contributed by atoms with Crippen molar-refractivity contribution in [3.8, 4) is 11.3 Å². The van der Waals surface area contributed by atoms with Gasteiger partial charge in [0.1, 0.15) is 5.69 Å². The van der Waals surface area contributed by atoms with E-state index in [0.717, 1.165) is 13.1 Å². The smallest absolute Gasteiger partial charge is 0.152 e. The van der Waals surface area contributed by atoms with Gasteiger partial charge in [-0.3, -0.25) is 0 Å². The summed E-state index contributed by atoms with van der Waals surface area (Å²) in [6.45, 7) is 4.42. The monoisotopic (exact) mass is 249 g/mol. The van der Waals surface area contributed by atoms with E-state index in [1.54, 1.807) is 0 Å². The van der Waals surface area contributed by atoms with E-state index in [9.17, 15) is 0 Å². The molecule has 0 N–H and O–H groups in total. The van der Waals surface area contributed by atoms with E-state index in [4.69, 9.17) is 0 Å². The summed E-state index contributed by atoms with van der Waals surface area (Å²) in [5, 5.41) is 1.38. The number of benzene rings is 2. The molecule has 0 aliphatic carbocycles. The van der Waals surface area contributed by atoms with Crippen LogP contribution in [0.3, 0.4) is 0 Å². The molecule has 0 saturated heterocycles. The van der Waals surface area contributed by atoms with Gasteiger partial charge in [-0.2, -0.15) is 4.68 Å². The third kappa shape index (κ3) is 1.53. The topological polar surface area (TPSA) is 8.81 Å². The van der Waals surface area contributed by atoms with Crippen LogP contribution in [0.15, 0.2) is 48.5 Å². The molecule has 1 aliphatic heterocycles. The second kappa shape index (κ2) is 3.95. The maximum atomic E-state index is 2.44. The number of hydrogen-bond donors (Lipinski definition) is 0. The first-order valence-corrected chi connectivity index (χ1v) is 6.93. The Bertz CT molecular complexity index is 754. The van der Waals surface area contributed by atoms with Crippen LogP contribution < -0.4 is 4.68 Å². The van der Waals surface area contributed by atoms with Gasteiger partial charge in [-0.1, -0.05) is 36.4 Å². The lowest BCUT2D eigenvalue weighted by Gasteiger charge is -2.01. The molecule has 0 unspecified atom stereocenters. The Balaban J connectivity index is 2.12. The quantitative estimate of drug-likeness (QED) is 0.585. The fourth-order valence-corrected chi connectivity index (χ4v) is 3.20. The van der Waals surface area contributed by atoms with Crippen molar-refractivity contribution in [3.63, 3.8) is 0 Å². The van der Waals surface area contributed by atoms with Crippen LogP contribution >= 0.6 is 0 Å². The zero-order valence-electron chi connectivity index (χ0n) is 11.1. The largest absolute Gasteiger partial charge is 0.239 e. The third-order valence-electron chi connectivity index (χ3n) is 4.02. The van der Waals surface area contributed by atoms with Crippen molar-refractivity contribution in [2.75, 3.05) is 0 Å². The molecule has 2 heterocycles. The van der Waals surface area contributed by atoms with E-state index < -0.39 is 0 Å². The molecule has 0 amide bonds. The van der Waals surface area contributed by atoms with Gasteiger partial charge in [0, 0.05) is 18.1 Å². The minimum atomic E-state index is 1.12. The Hall–Kier alpha value is -2.09. The molecule has 0 saturated carbocycles. The summed E-state index contributed by atoms with van der Waals surface area (Å²) < 4.78 is 4.87. The molecule has 0 atom stereocenters. The van der Waals surface area contributed by atoms with Crippen LogP contribution in [0, 0.1) is 6.92 Å². The normalized spacial score (nSPS) is 13.9. The van der Waals surface area contributed by atoms with Gasteiger partial charge < -0.3 is 0 Å². The Morgan fingerprint density at radius 3 is 2.74 bits per heavy atom. The summed E-state index contributed by atoms with van der Waals surface area (Å²) in [6.07, 6.45) is 1.24. The summed E-state index contributed by atoms with van der Waals surface area (Å²) >= 11 is 0. The number of aryl methyl sites for hydroxylation is 2. The highest BCUT2D eigenvalue weighted by atomic mass is 15.4. The van der Waals surface area contributed by atoms with Crippen LogP contribution in [-0.4, -0.2) is 4.68 Å². The second-order valence-electron chi connectivity index (χ2n) is 5.34. The maximum Gasteiger partial charge on any atom is 0.239 e. The van der Waals surface area contributed by atoms with E-state index in [1.165, 1.54) is 34.1 Å². The number of fused-ring (bicyclic) bond motifs is 3. The molecular formula is C17H17N2+. The van der Waals surface area contributed by atoms with Crippen molar-refractivity contribution < 1.29 is 4.68 Å². The molecule has 0 radical (unpaired) electrons. The number of aromatic nitrogens is 2. The first kappa shape index (κ1) is 10.8. The zero-order chi connectivity index (χ0) is 12.8. The van der Waals surface area contributed by atoms with Gasteiger partial charge in [0.15, 0.2) is 6.54 Å². The molecule has 2 aromatic carbocycles. The van der Waals surface area contributed by atoms with Gasteiger partial charge in [-0.25, -0.2) is 0 Å². The molecule has 0 spiro atoms. The van der Waals surface area contributed by atoms with Crippen molar-refractivity contribution >= 4 is 10.9 Å². The van der Waals surface area contributed by atoms with Gasteiger partial charge in [0.05, 0.1) is 11.9 Å². The van der Waals surface area contributed by atoms with E-state index >= 15 is 0 Å². The molecule has 0 bridgehead atoms. The van der Waals surface area contributed by atoms with E-state index in [0.29, 0.717) is 0 Å². The van der Waals surface area contributed by atoms with E-state index in [-0.39, 0.29) is 0 Å². The van der Waals surface area contributed by atoms with Crippen LogP contribution in [0.25, 0.3) is 22.2 Å². The third-order valence-corrected chi connectivity index (χ3v) is 4.02. The van der Waals surface area contributed by atoms with Crippen molar-refractivity contribution in [2.24, 2.45) is 0 Å². The molecule has 1 aromatic heterocycles. The molecule has 3 aromatic rings. The van der Waals surface area contributed by atoms with Gasteiger partial charge in [0.25, 0.3) is 0 Å². The summed E-state index contributed by atoms with van der Waals surface area (Å²) in [5.41, 5.74) is 5.38.